The Labute approximate surface area is 53.0 Å². The number of rotatable bonds is 4. The van der Waals surface area contributed by atoms with Crippen molar-refractivity contribution in [3.8, 4) is 0 Å². The molecule has 0 aliphatic carbocycles. The third-order valence-electron chi connectivity index (χ3n) is 0.539. The van der Waals surface area contributed by atoms with Crippen molar-refractivity contribution in [2.75, 3.05) is 13.2 Å². The Kier molecular flexibility index (Phi) is 6.48. The maximum Gasteiger partial charge on any atom is 0.246 e. The molecule has 3 heteroatoms. The van der Waals surface area contributed by atoms with Crippen molar-refractivity contribution in [3.05, 3.63) is 12.3 Å². The summed E-state index contributed by atoms with van der Waals surface area (Å²) in [6.45, 7) is 3.17. The minimum Gasteiger partial charge on any atom is -0.502 e. The molecule has 0 N–H and O–H groups in total. The normalized spacial score (nSPS) is 10.2. The fourth-order valence-corrected chi connectivity index (χ4v) is 0.348. The molecule has 0 bridgehead atoms. The standard InChI is InChI=1S/C5H9O2Si/c1-2-6-4-3-5-7-8/h3-4H,2,5H2,1H3. The predicted octanol–water partition coefficient (Wildman–Crippen LogP) is 0.637. The molecule has 0 unspecified atom stereocenters. The topological polar surface area (TPSA) is 18.5 Å². The van der Waals surface area contributed by atoms with Crippen LogP contribution in [0.2, 0.25) is 0 Å². The molecule has 2 nitrogen and oxygen atoms in total. The molecule has 8 heavy (non-hydrogen) atoms. The van der Waals surface area contributed by atoms with Gasteiger partial charge in [-0.1, -0.05) is 0 Å². The average Bonchev–Trinajstić information content (AvgIpc) is 1.81. The van der Waals surface area contributed by atoms with Crippen molar-refractivity contribution in [2.24, 2.45) is 0 Å². The van der Waals surface area contributed by atoms with Crippen LogP contribution >= 0.6 is 0 Å². The first-order chi connectivity index (χ1) is 3.91. The Morgan fingerprint density at radius 2 is 2.38 bits per heavy atom. The maximum absolute atomic E-state index is 4.85. The summed E-state index contributed by atoms with van der Waals surface area (Å²) in [6.07, 6.45) is 3.39. The van der Waals surface area contributed by atoms with E-state index >= 15 is 0 Å². The van der Waals surface area contributed by atoms with E-state index in [1.807, 2.05) is 6.92 Å². The minimum absolute atomic E-state index is 0.539. The smallest absolute Gasteiger partial charge is 0.246 e. The van der Waals surface area contributed by atoms with E-state index in [9.17, 15) is 0 Å². The number of hydrogen-bond donors (Lipinski definition) is 0. The van der Waals surface area contributed by atoms with Crippen LogP contribution in [0.25, 0.3) is 0 Å². The molecule has 0 amide bonds. The summed E-state index contributed by atoms with van der Waals surface area (Å²) in [5, 5.41) is 0. The van der Waals surface area contributed by atoms with E-state index in [2.05, 4.69) is 14.9 Å². The highest BCUT2D eigenvalue weighted by atomic mass is 28.2. The molecule has 0 saturated heterocycles. The van der Waals surface area contributed by atoms with Crippen LogP contribution in [0.3, 0.4) is 0 Å². The number of hydrogen-bond acceptors (Lipinski definition) is 2. The molecule has 0 aromatic rings. The highest BCUT2D eigenvalue weighted by Gasteiger charge is 1.69. The zero-order chi connectivity index (χ0) is 6.24. The van der Waals surface area contributed by atoms with Gasteiger partial charge < -0.3 is 9.16 Å². The molecule has 0 atom stereocenters. The summed E-state index contributed by atoms with van der Waals surface area (Å²) in [5.74, 6) is 0. The van der Waals surface area contributed by atoms with Gasteiger partial charge in [-0.05, 0) is 13.0 Å². The molecule has 0 aromatic carbocycles. The molecule has 45 valence electrons. The molecule has 0 rings (SSSR count). The molecule has 0 aromatic heterocycles. The van der Waals surface area contributed by atoms with E-state index in [-0.39, 0.29) is 0 Å². The first-order valence-corrected chi connectivity index (χ1v) is 2.87. The van der Waals surface area contributed by atoms with Crippen LogP contribution in [-0.4, -0.2) is 23.7 Å². The van der Waals surface area contributed by atoms with Gasteiger partial charge in [0.25, 0.3) is 0 Å². The van der Waals surface area contributed by atoms with Gasteiger partial charge in [-0.2, -0.15) is 0 Å². The van der Waals surface area contributed by atoms with Crippen molar-refractivity contribution in [3.63, 3.8) is 0 Å². The molecule has 0 saturated carbocycles. The fraction of sp³-hybridized carbons (Fsp3) is 0.600. The Hall–Kier alpha value is -0.283. The van der Waals surface area contributed by atoms with Crippen LogP contribution in [0.1, 0.15) is 6.92 Å². The minimum atomic E-state index is 0.539. The van der Waals surface area contributed by atoms with Crippen molar-refractivity contribution >= 4 is 10.5 Å². The van der Waals surface area contributed by atoms with Gasteiger partial charge in [-0.3, -0.25) is 0 Å². The lowest BCUT2D eigenvalue weighted by Gasteiger charge is -1.90. The van der Waals surface area contributed by atoms with E-state index in [1.54, 1.807) is 12.3 Å². The van der Waals surface area contributed by atoms with Gasteiger partial charge in [-0.25, -0.2) is 0 Å². The Morgan fingerprint density at radius 1 is 1.62 bits per heavy atom. The van der Waals surface area contributed by atoms with Gasteiger partial charge in [0.2, 0.25) is 10.5 Å². The molecule has 0 aliphatic rings. The highest BCUT2D eigenvalue weighted by Crippen LogP contribution is 1.75. The molecular formula is C5H9O2Si. The summed E-state index contributed by atoms with van der Waals surface area (Å²) in [7, 11) is 2.84. The van der Waals surface area contributed by atoms with Gasteiger partial charge in [0.1, 0.15) is 0 Å². The summed E-state index contributed by atoms with van der Waals surface area (Å²) in [5.41, 5.74) is 0. The van der Waals surface area contributed by atoms with E-state index in [0.717, 1.165) is 0 Å². The van der Waals surface area contributed by atoms with Crippen LogP contribution in [0.5, 0.6) is 0 Å². The van der Waals surface area contributed by atoms with Crippen molar-refractivity contribution < 1.29 is 9.16 Å². The zero-order valence-electron chi connectivity index (χ0n) is 4.89. The maximum atomic E-state index is 4.85. The number of ether oxygens (including phenoxy) is 1. The van der Waals surface area contributed by atoms with Gasteiger partial charge in [-0.15, -0.1) is 0 Å². The largest absolute Gasteiger partial charge is 0.502 e. The molecule has 3 radical (unpaired) electrons. The van der Waals surface area contributed by atoms with Crippen LogP contribution in [0, 0.1) is 0 Å². The second-order valence-electron chi connectivity index (χ2n) is 1.14. The van der Waals surface area contributed by atoms with Crippen LogP contribution in [-0.2, 0) is 9.16 Å². The highest BCUT2D eigenvalue weighted by molar-refractivity contribution is 5.98. The van der Waals surface area contributed by atoms with Crippen molar-refractivity contribution in [1.29, 1.82) is 0 Å². The zero-order valence-corrected chi connectivity index (χ0v) is 5.89. The quantitative estimate of drug-likeness (QED) is 0.409. The Balaban J connectivity index is 2.83. The van der Waals surface area contributed by atoms with Gasteiger partial charge in [0.05, 0.1) is 19.5 Å². The SMILES string of the molecule is CCOC=CCO[Si]. The van der Waals surface area contributed by atoms with Gasteiger partial charge in [0.15, 0.2) is 0 Å². The van der Waals surface area contributed by atoms with Crippen LogP contribution in [0.15, 0.2) is 12.3 Å². The van der Waals surface area contributed by atoms with Crippen LogP contribution < -0.4 is 0 Å². The van der Waals surface area contributed by atoms with Crippen LogP contribution in [0.4, 0.5) is 0 Å². The van der Waals surface area contributed by atoms with Crippen molar-refractivity contribution in [2.45, 2.75) is 6.92 Å². The van der Waals surface area contributed by atoms with E-state index in [1.165, 1.54) is 0 Å². The Bertz CT molecular complexity index is 55.4. The van der Waals surface area contributed by atoms with E-state index < -0.39 is 0 Å². The van der Waals surface area contributed by atoms with E-state index in [4.69, 9.17) is 4.74 Å². The average molecular weight is 129 g/mol. The predicted molar refractivity (Wildman–Crippen MR) is 32.5 cm³/mol. The molecule has 0 heterocycles. The first kappa shape index (κ1) is 7.72. The second-order valence-corrected chi connectivity index (χ2v) is 1.43. The summed E-state index contributed by atoms with van der Waals surface area (Å²) in [6, 6.07) is 0. The third-order valence-corrected chi connectivity index (χ3v) is 0.705. The third kappa shape index (κ3) is 5.72. The molecule has 0 fully saturated rings. The van der Waals surface area contributed by atoms with E-state index in [0.29, 0.717) is 13.2 Å². The molecule has 0 spiro atoms. The lowest BCUT2D eigenvalue weighted by atomic mass is 10.7. The lowest BCUT2D eigenvalue weighted by Crippen LogP contribution is -1.84. The second kappa shape index (κ2) is 6.72. The first-order valence-electron chi connectivity index (χ1n) is 2.47. The molecular weight excluding hydrogens is 120 g/mol. The summed E-state index contributed by atoms with van der Waals surface area (Å²) >= 11 is 0. The Morgan fingerprint density at radius 3 is 2.88 bits per heavy atom. The summed E-state index contributed by atoms with van der Waals surface area (Å²) < 4.78 is 9.38. The van der Waals surface area contributed by atoms with Crippen molar-refractivity contribution in [1.82, 2.24) is 0 Å². The molecule has 0 aliphatic heterocycles. The fourth-order valence-electron chi connectivity index (χ4n) is 0.252. The lowest BCUT2D eigenvalue weighted by molar-refractivity contribution is 0.265. The monoisotopic (exact) mass is 129 g/mol. The van der Waals surface area contributed by atoms with Gasteiger partial charge in [0, 0.05) is 0 Å². The van der Waals surface area contributed by atoms with Gasteiger partial charge >= 0.3 is 0 Å². The summed E-state index contributed by atoms with van der Waals surface area (Å²) in [4.78, 5) is 0.